The molecule has 6 heteroatoms. The molecule has 0 aromatic carbocycles. The van der Waals surface area contributed by atoms with E-state index in [4.69, 9.17) is 14.2 Å². The normalized spacial score (nSPS) is 12.0. The highest BCUT2D eigenvalue weighted by atomic mass is 16.6. The van der Waals surface area contributed by atoms with E-state index in [0.717, 1.165) is 63.7 Å². The smallest absolute Gasteiger partial charge is 0.306 e. The molecule has 0 unspecified atom stereocenters. The summed E-state index contributed by atoms with van der Waals surface area (Å²) in [4.78, 5) is 38.2. The summed E-state index contributed by atoms with van der Waals surface area (Å²) >= 11 is 0. The van der Waals surface area contributed by atoms with E-state index in [9.17, 15) is 14.4 Å². The Balaban J connectivity index is 4.27. The van der Waals surface area contributed by atoms with Gasteiger partial charge in [-0.15, -0.1) is 0 Å². The molecule has 0 amide bonds. The monoisotopic (exact) mass is 947 g/mol. The van der Waals surface area contributed by atoms with Gasteiger partial charge in [0.15, 0.2) is 6.10 Å². The molecule has 0 saturated carbocycles. The van der Waals surface area contributed by atoms with Gasteiger partial charge in [-0.3, -0.25) is 14.4 Å². The maximum Gasteiger partial charge on any atom is 0.306 e. The molecular formula is C61H118O6. The summed E-state index contributed by atoms with van der Waals surface area (Å²) in [5.41, 5.74) is 0. The SMILES string of the molecule is CCCCCCCCCCCCCCCCCCCCC(=O)OC[C@@H](COC(=O)CCCCCCCCCCCCCCC)OC(=O)CCCCCCCCCCCCCCCCCC(C)C. The molecule has 0 heterocycles. The summed E-state index contributed by atoms with van der Waals surface area (Å²) in [6, 6.07) is 0. The Morgan fingerprint density at radius 1 is 0.284 bits per heavy atom. The van der Waals surface area contributed by atoms with E-state index in [1.165, 1.54) is 244 Å². The average molecular weight is 948 g/mol. The third-order valence-electron chi connectivity index (χ3n) is 14.0. The summed E-state index contributed by atoms with van der Waals surface area (Å²) in [6.45, 7) is 9.08. The van der Waals surface area contributed by atoms with Crippen molar-refractivity contribution in [1.29, 1.82) is 0 Å². The zero-order valence-corrected chi connectivity index (χ0v) is 45.9. The van der Waals surface area contributed by atoms with Crippen LogP contribution in [0.3, 0.4) is 0 Å². The van der Waals surface area contributed by atoms with Gasteiger partial charge in [0.1, 0.15) is 13.2 Å². The van der Waals surface area contributed by atoms with Crippen molar-refractivity contribution < 1.29 is 28.6 Å². The Hall–Kier alpha value is -1.59. The van der Waals surface area contributed by atoms with Crippen molar-refractivity contribution in [3.8, 4) is 0 Å². The molecule has 0 bridgehead atoms. The lowest BCUT2D eigenvalue weighted by Crippen LogP contribution is -2.30. The maximum absolute atomic E-state index is 12.9. The van der Waals surface area contributed by atoms with E-state index in [1.54, 1.807) is 0 Å². The van der Waals surface area contributed by atoms with Gasteiger partial charge >= 0.3 is 17.9 Å². The summed E-state index contributed by atoms with van der Waals surface area (Å²) in [6.07, 6.45) is 61.0. The molecule has 0 fully saturated rings. The van der Waals surface area contributed by atoms with Crippen molar-refractivity contribution in [3.63, 3.8) is 0 Å². The fourth-order valence-electron chi connectivity index (χ4n) is 9.46. The number of ether oxygens (including phenoxy) is 3. The van der Waals surface area contributed by atoms with E-state index in [-0.39, 0.29) is 31.1 Å². The van der Waals surface area contributed by atoms with Crippen LogP contribution in [0.25, 0.3) is 0 Å². The van der Waals surface area contributed by atoms with Crippen LogP contribution in [0.2, 0.25) is 0 Å². The van der Waals surface area contributed by atoms with Crippen LogP contribution >= 0.6 is 0 Å². The van der Waals surface area contributed by atoms with Crippen LogP contribution in [0.15, 0.2) is 0 Å². The highest BCUT2D eigenvalue weighted by Gasteiger charge is 2.19. The quantitative estimate of drug-likeness (QED) is 0.0343. The van der Waals surface area contributed by atoms with Crippen LogP contribution < -0.4 is 0 Å². The minimum Gasteiger partial charge on any atom is -0.462 e. The Labute approximate surface area is 418 Å². The standard InChI is InChI=1S/C61H118O6/c1-5-7-9-11-13-15-17-19-20-21-22-25-29-33-37-41-45-49-53-60(63)66-56-58(55-65-59(62)52-48-44-40-36-32-27-18-16-14-12-10-8-6-2)67-61(64)54-50-46-42-38-34-30-26-23-24-28-31-35-39-43-47-51-57(3)4/h57-58H,5-56H2,1-4H3/t58-/m1/s1. The molecule has 0 saturated heterocycles. The van der Waals surface area contributed by atoms with Crippen molar-refractivity contribution in [2.24, 2.45) is 5.92 Å². The lowest BCUT2D eigenvalue weighted by molar-refractivity contribution is -0.167. The molecule has 0 aromatic heterocycles. The van der Waals surface area contributed by atoms with Gasteiger partial charge in [-0.1, -0.05) is 310 Å². The molecule has 6 nitrogen and oxygen atoms in total. The minimum absolute atomic E-state index is 0.0614. The van der Waals surface area contributed by atoms with Gasteiger partial charge in [0.2, 0.25) is 0 Å². The van der Waals surface area contributed by atoms with Crippen molar-refractivity contribution >= 4 is 17.9 Å². The lowest BCUT2D eigenvalue weighted by atomic mass is 10.0. The van der Waals surface area contributed by atoms with Crippen LogP contribution in [0, 0.1) is 5.92 Å². The Morgan fingerprint density at radius 3 is 0.731 bits per heavy atom. The highest BCUT2D eigenvalue weighted by molar-refractivity contribution is 5.71. The molecular weight excluding hydrogens is 829 g/mol. The molecule has 0 spiro atoms. The van der Waals surface area contributed by atoms with Crippen molar-refractivity contribution in [2.75, 3.05) is 13.2 Å². The molecule has 0 rings (SSSR count). The first-order valence-electron chi connectivity index (χ1n) is 30.4. The number of carbonyl (C=O) groups excluding carboxylic acids is 3. The lowest BCUT2D eigenvalue weighted by Gasteiger charge is -2.18. The first kappa shape index (κ1) is 65.4. The van der Waals surface area contributed by atoms with Crippen LogP contribution in [0.1, 0.15) is 349 Å². The molecule has 398 valence electrons. The third kappa shape index (κ3) is 55.2. The van der Waals surface area contributed by atoms with Crippen LogP contribution in [-0.4, -0.2) is 37.2 Å². The second kappa shape index (κ2) is 55.3. The average Bonchev–Trinajstić information content (AvgIpc) is 3.31. The first-order chi connectivity index (χ1) is 32.9. The summed E-state index contributed by atoms with van der Waals surface area (Å²) in [5, 5.41) is 0. The summed E-state index contributed by atoms with van der Waals surface area (Å²) in [7, 11) is 0. The zero-order valence-electron chi connectivity index (χ0n) is 45.9. The molecule has 0 N–H and O–H groups in total. The number of unbranched alkanes of at least 4 members (excludes halogenated alkanes) is 43. The Morgan fingerprint density at radius 2 is 0.493 bits per heavy atom. The van der Waals surface area contributed by atoms with Crippen molar-refractivity contribution in [1.82, 2.24) is 0 Å². The van der Waals surface area contributed by atoms with E-state index < -0.39 is 6.10 Å². The predicted molar refractivity (Wildman–Crippen MR) is 289 cm³/mol. The second-order valence-electron chi connectivity index (χ2n) is 21.5. The van der Waals surface area contributed by atoms with E-state index >= 15 is 0 Å². The van der Waals surface area contributed by atoms with Crippen LogP contribution in [0.5, 0.6) is 0 Å². The highest BCUT2D eigenvalue weighted by Crippen LogP contribution is 2.18. The Kier molecular flexibility index (Phi) is 54.0. The van der Waals surface area contributed by atoms with E-state index in [2.05, 4.69) is 27.7 Å². The van der Waals surface area contributed by atoms with Gasteiger partial charge in [-0.05, 0) is 25.2 Å². The maximum atomic E-state index is 12.9. The van der Waals surface area contributed by atoms with Gasteiger partial charge < -0.3 is 14.2 Å². The summed E-state index contributed by atoms with van der Waals surface area (Å²) in [5.74, 6) is 0.0166. The number of esters is 3. The molecule has 0 aromatic rings. The largest absolute Gasteiger partial charge is 0.462 e. The van der Waals surface area contributed by atoms with Crippen molar-refractivity contribution in [3.05, 3.63) is 0 Å². The summed E-state index contributed by atoms with van der Waals surface area (Å²) < 4.78 is 16.9. The van der Waals surface area contributed by atoms with Gasteiger partial charge in [0.05, 0.1) is 0 Å². The van der Waals surface area contributed by atoms with Crippen LogP contribution in [-0.2, 0) is 28.6 Å². The van der Waals surface area contributed by atoms with Gasteiger partial charge in [0.25, 0.3) is 0 Å². The molecule has 0 aliphatic carbocycles. The van der Waals surface area contributed by atoms with Gasteiger partial charge in [-0.25, -0.2) is 0 Å². The molecule has 1 atom stereocenters. The second-order valence-corrected chi connectivity index (χ2v) is 21.5. The molecule has 67 heavy (non-hydrogen) atoms. The fourth-order valence-corrected chi connectivity index (χ4v) is 9.46. The van der Waals surface area contributed by atoms with Gasteiger partial charge in [0, 0.05) is 19.3 Å². The van der Waals surface area contributed by atoms with E-state index in [1.807, 2.05) is 0 Å². The molecule has 0 aliphatic heterocycles. The zero-order chi connectivity index (χ0) is 48.8. The molecule has 0 radical (unpaired) electrons. The number of hydrogen-bond acceptors (Lipinski definition) is 6. The van der Waals surface area contributed by atoms with Crippen molar-refractivity contribution in [2.45, 2.75) is 355 Å². The van der Waals surface area contributed by atoms with E-state index in [0.29, 0.717) is 19.3 Å². The minimum atomic E-state index is -0.762. The third-order valence-corrected chi connectivity index (χ3v) is 14.0. The van der Waals surface area contributed by atoms with Crippen LogP contribution in [0.4, 0.5) is 0 Å². The number of hydrogen-bond donors (Lipinski definition) is 0. The Bertz CT molecular complexity index is 1010. The number of carbonyl (C=O) groups is 3. The first-order valence-corrected chi connectivity index (χ1v) is 30.4. The van der Waals surface area contributed by atoms with Gasteiger partial charge in [-0.2, -0.15) is 0 Å². The number of rotatable bonds is 56. The fraction of sp³-hybridized carbons (Fsp3) is 0.951. The predicted octanol–water partition coefficient (Wildman–Crippen LogP) is 20.2. The topological polar surface area (TPSA) is 78.9 Å². The molecule has 0 aliphatic rings.